The molecule has 0 fully saturated rings. The van der Waals surface area contributed by atoms with Gasteiger partial charge in [-0.1, -0.05) is 6.92 Å². The summed E-state index contributed by atoms with van der Waals surface area (Å²) in [5, 5.41) is 3.50. The van der Waals surface area contributed by atoms with Gasteiger partial charge in [0.1, 0.15) is 5.69 Å². The van der Waals surface area contributed by atoms with E-state index in [0.717, 1.165) is 31.8 Å². The number of ether oxygens (including phenoxy) is 1. The summed E-state index contributed by atoms with van der Waals surface area (Å²) in [6, 6.07) is 2.07. The molecule has 2 heterocycles. The number of hydrogen-bond acceptors (Lipinski definition) is 5. The highest BCUT2D eigenvalue weighted by atomic mass is 79.9. The van der Waals surface area contributed by atoms with E-state index < -0.39 is 0 Å². The largest absolute Gasteiger partial charge is 0.480 e. The second-order valence-electron chi connectivity index (χ2n) is 4.11. The van der Waals surface area contributed by atoms with Crippen LogP contribution >= 0.6 is 43.2 Å². The fourth-order valence-electron chi connectivity index (χ4n) is 1.82. The fourth-order valence-corrected chi connectivity index (χ4v) is 3.99. The number of halogens is 2. The number of methoxy groups -OCH3 is 1. The van der Waals surface area contributed by atoms with Gasteiger partial charge in [-0.05, 0) is 50.9 Å². The maximum Gasteiger partial charge on any atom is 0.237 e. The van der Waals surface area contributed by atoms with E-state index in [-0.39, 0.29) is 6.04 Å². The number of hydrogen-bond donors (Lipinski definition) is 1. The molecule has 0 amide bonds. The molecule has 1 unspecified atom stereocenters. The second kappa shape index (κ2) is 7.49. The van der Waals surface area contributed by atoms with Crippen molar-refractivity contribution in [1.29, 1.82) is 0 Å². The molecule has 4 nitrogen and oxygen atoms in total. The highest BCUT2D eigenvalue weighted by Gasteiger charge is 2.22. The summed E-state index contributed by atoms with van der Waals surface area (Å²) in [5.41, 5.74) is 0.810. The van der Waals surface area contributed by atoms with Crippen LogP contribution in [-0.2, 0) is 0 Å². The van der Waals surface area contributed by atoms with E-state index in [1.165, 1.54) is 0 Å². The van der Waals surface area contributed by atoms with Gasteiger partial charge in [0.2, 0.25) is 5.88 Å². The van der Waals surface area contributed by atoms with Crippen LogP contribution < -0.4 is 10.1 Å². The molecule has 1 N–H and O–H groups in total. The molecule has 20 heavy (non-hydrogen) atoms. The van der Waals surface area contributed by atoms with Crippen molar-refractivity contribution in [1.82, 2.24) is 15.3 Å². The van der Waals surface area contributed by atoms with Crippen LogP contribution in [0.5, 0.6) is 5.88 Å². The van der Waals surface area contributed by atoms with Gasteiger partial charge in [0.25, 0.3) is 0 Å². The van der Waals surface area contributed by atoms with Crippen molar-refractivity contribution in [2.75, 3.05) is 13.7 Å². The van der Waals surface area contributed by atoms with Crippen LogP contribution in [0, 0.1) is 0 Å². The van der Waals surface area contributed by atoms with Gasteiger partial charge < -0.3 is 10.1 Å². The van der Waals surface area contributed by atoms with E-state index in [1.54, 1.807) is 30.8 Å². The summed E-state index contributed by atoms with van der Waals surface area (Å²) < 4.78 is 7.45. The average Bonchev–Trinajstić information content (AvgIpc) is 2.79. The van der Waals surface area contributed by atoms with Gasteiger partial charge in [-0.25, -0.2) is 4.98 Å². The average molecular weight is 421 g/mol. The topological polar surface area (TPSA) is 47.0 Å². The molecule has 0 radical (unpaired) electrons. The number of nitrogens with zero attached hydrogens (tertiary/aromatic N) is 2. The number of thiophene rings is 1. The minimum Gasteiger partial charge on any atom is -0.480 e. The molecule has 108 valence electrons. The Morgan fingerprint density at radius 2 is 2.10 bits per heavy atom. The van der Waals surface area contributed by atoms with E-state index in [0.29, 0.717) is 5.88 Å². The van der Waals surface area contributed by atoms with Crippen molar-refractivity contribution < 1.29 is 4.74 Å². The molecule has 0 saturated heterocycles. The Kier molecular flexibility index (Phi) is 5.95. The molecule has 2 aromatic heterocycles. The molecule has 7 heteroatoms. The molecule has 0 saturated carbocycles. The SMILES string of the molecule is CCCNC(c1cc(Br)c(Br)s1)c1nccnc1OC. The molecule has 0 spiro atoms. The minimum absolute atomic E-state index is 0.0220. The maximum atomic E-state index is 5.33. The van der Waals surface area contributed by atoms with E-state index in [4.69, 9.17) is 4.74 Å². The molecule has 0 aliphatic carbocycles. The Labute approximate surface area is 139 Å². The van der Waals surface area contributed by atoms with Crippen LogP contribution in [0.4, 0.5) is 0 Å². The van der Waals surface area contributed by atoms with E-state index in [9.17, 15) is 0 Å². The lowest BCUT2D eigenvalue weighted by molar-refractivity contribution is 0.383. The van der Waals surface area contributed by atoms with Crippen LogP contribution in [0.25, 0.3) is 0 Å². The van der Waals surface area contributed by atoms with Crippen molar-refractivity contribution in [2.24, 2.45) is 0 Å². The first-order valence-electron chi connectivity index (χ1n) is 6.20. The van der Waals surface area contributed by atoms with Crippen molar-refractivity contribution in [3.8, 4) is 5.88 Å². The Balaban J connectivity index is 2.41. The van der Waals surface area contributed by atoms with Crippen LogP contribution in [0.3, 0.4) is 0 Å². The lowest BCUT2D eigenvalue weighted by Gasteiger charge is -2.18. The third-order valence-electron chi connectivity index (χ3n) is 2.71. The highest BCUT2D eigenvalue weighted by Crippen LogP contribution is 2.38. The lowest BCUT2D eigenvalue weighted by Crippen LogP contribution is -2.24. The molecule has 1 atom stereocenters. The predicted octanol–water partition coefficient (Wildman–Crippen LogP) is 4.16. The van der Waals surface area contributed by atoms with E-state index in [2.05, 4.69) is 60.1 Å². The summed E-state index contributed by atoms with van der Waals surface area (Å²) in [4.78, 5) is 9.84. The fraction of sp³-hybridized carbons (Fsp3) is 0.385. The zero-order valence-electron chi connectivity index (χ0n) is 11.2. The highest BCUT2D eigenvalue weighted by molar-refractivity contribution is 9.13. The summed E-state index contributed by atoms with van der Waals surface area (Å²) in [6.07, 6.45) is 4.38. The van der Waals surface area contributed by atoms with Crippen molar-refractivity contribution in [2.45, 2.75) is 19.4 Å². The Hall–Kier alpha value is -0.500. The summed E-state index contributed by atoms with van der Waals surface area (Å²) in [6.45, 7) is 3.04. The molecule has 2 rings (SSSR count). The van der Waals surface area contributed by atoms with Gasteiger partial charge in [-0.3, -0.25) is 4.98 Å². The Morgan fingerprint density at radius 3 is 2.70 bits per heavy atom. The smallest absolute Gasteiger partial charge is 0.237 e. The predicted molar refractivity (Wildman–Crippen MR) is 88.4 cm³/mol. The number of rotatable bonds is 6. The summed E-state index contributed by atoms with van der Waals surface area (Å²) >= 11 is 8.74. The van der Waals surface area contributed by atoms with Crippen molar-refractivity contribution in [3.63, 3.8) is 0 Å². The van der Waals surface area contributed by atoms with Gasteiger partial charge in [-0.2, -0.15) is 0 Å². The third-order valence-corrected chi connectivity index (χ3v) is 6.03. The van der Waals surface area contributed by atoms with Gasteiger partial charge in [-0.15, -0.1) is 11.3 Å². The summed E-state index contributed by atoms with van der Waals surface area (Å²) in [5.74, 6) is 0.557. The molecular weight excluding hydrogens is 406 g/mol. The molecule has 0 aromatic carbocycles. The van der Waals surface area contributed by atoms with Gasteiger partial charge in [0.05, 0.1) is 16.9 Å². The monoisotopic (exact) mass is 419 g/mol. The minimum atomic E-state index is -0.0220. The molecule has 2 aromatic rings. The van der Waals surface area contributed by atoms with Crippen molar-refractivity contribution in [3.05, 3.63) is 37.3 Å². The standard InChI is InChI=1S/C13H15Br2N3OS/c1-3-4-16-10(9-7-8(14)12(15)20-9)11-13(19-2)18-6-5-17-11/h5-7,10,16H,3-4H2,1-2H3. The Bertz CT molecular complexity index is 557. The van der Waals surface area contributed by atoms with Crippen LogP contribution in [0.2, 0.25) is 0 Å². The van der Waals surface area contributed by atoms with Gasteiger partial charge in [0.15, 0.2) is 0 Å². The first-order chi connectivity index (χ1) is 9.67. The zero-order chi connectivity index (χ0) is 14.5. The van der Waals surface area contributed by atoms with E-state index >= 15 is 0 Å². The molecule has 0 aliphatic heterocycles. The number of aromatic nitrogens is 2. The van der Waals surface area contributed by atoms with Gasteiger partial charge in [0, 0.05) is 21.7 Å². The molecule has 0 aliphatic rings. The first-order valence-corrected chi connectivity index (χ1v) is 8.60. The number of nitrogens with one attached hydrogen (secondary N) is 1. The zero-order valence-corrected chi connectivity index (χ0v) is 15.2. The van der Waals surface area contributed by atoms with Crippen LogP contribution in [0.1, 0.15) is 30.0 Å². The Morgan fingerprint density at radius 1 is 1.35 bits per heavy atom. The van der Waals surface area contributed by atoms with Crippen LogP contribution in [0.15, 0.2) is 26.7 Å². The first kappa shape index (κ1) is 15.9. The quantitative estimate of drug-likeness (QED) is 0.761. The molecular formula is C13H15Br2N3OS. The third kappa shape index (κ3) is 3.58. The lowest BCUT2D eigenvalue weighted by atomic mass is 10.1. The van der Waals surface area contributed by atoms with Gasteiger partial charge >= 0.3 is 0 Å². The summed E-state index contributed by atoms with van der Waals surface area (Å²) in [7, 11) is 1.62. The molecule has 0 bridgehead atoms. The normalized spacial score (nSPS) is 12.4. The second-order valence-corrected chi connectivity index (χ2v) is 7.36. The van der Waals surface area contributed by atoms with Crippen LogP contribution in [-0.4, -0.2) is 23.6 Å². The van der Waals surface area contributed by atoms with Crippen molar-refractivity contribution >= 4 is 43.2 Å². The maximum absolute atomic E-state index is 5.33. The van der Waals surface area contributed by atoms with E-state index in [1.807, 2.05) is 0 Å².